The molecule has 1 rings (SSSR count). The fourth-order valence-corrected chi connectivity index (χ4v) is 1.87. The van der Waals surface area contributed by atoms with Gasteiger partial charge in [-0.15, -0.1) is 0 Å². The molecule has 4 heteroatoms. The molecular formula is C13H23BrN2O. The number of unbranched alkanes of at least 4 members (excludes halogenated alkanes) is 1. The molecule has 1 heterocycles. The first-order chi connectivity index (χ1) is 8.09. The Labute approximate surface area is 113 Å². The maximum Gasteiger partial charge on any atom is 0.169 e. The number of hydrogen-bond acceptors (Lipinski definition) is 3. The van der Waals surface area contributed by atoms with Crippen LogP contribution in [-0.2, 0) is 6.54 Å². The number of hydrogen-bond donors (Lipinski definition) is 1. The fourth-order valence-electron chi connectivity index (χ4n) is 1.53. The average molecular weight is 303 g/mol. The predicted molar refractivity (Wildman–Crippen MR) is 75.1 cm³/mol. The molecular weight excluding hydrogens is 280 g/mol. The Hall–Kier alpha value is -0.320. The number of halogens is 1. The van der Waals surface area contributed by atoms with Crippen molar-refractivity contribution < 1.29 is 4.42 Å². The van der Waals surface area contributed by atoms with Crippen molar-refractivity contribution in [3.8, 4) is 0 Å². The third-order valence-corrected chi connectivity index (χ3v) is 3.35. The van der Waals surface area contributed by atoms with Crippen molar-refractivity contribution in [2.75, 3.05) is 20.1 Å². The molecule has 0 radical (unpaired) electrons. The van der Waals surface area contributed by atoms with E-state index in [1.54, 1.807) is 0 Å². The smallest absolute Gasteiger partial charge is 0.169 e. The standard InChI is InChI=1S/C13H23BrN2O/c1-11(2)16(3)9-5-4-8-15-10-12-6-7-13(14)17-12/h6-7,11,15H,4-5,8-10H2,1-3H3. The second-order valence-electron chi connectivity index (χ2n) is 4.66. The van der Waals surface area contributed by atoms with Crippen molar-refractivity contribution in [3.63, 3.8) is 0 Å². The zero-order valence-corrected chi connectivity index (χ0v) is 12.6. The Morgan fingerprint density at radius 2 is 2.12 bits per heavy atom. The molecule has 17 heavy (non-hydrogen) atoms. The van der Waals surface area contributed by atoms with E-state index in [0.29, 0.717) is 6.04 Å². The van der Waals surface area contributed by atoms with Crippen LogP contribution < -0.4 is 5.32 Å². The Kier molecular flexibility index (Phi) is 6.85. The summed E-state index contributed by atoms with van der Waals surface area (Å²) in [7, 11) is 2.18. The summed E-state index contributed by atoms with van der Waals surface area (Å²) >= 11 is 3.30. The molecule has 0 aromatic carbocycles. The van der Waals surface area contributed by atoms with Crippen LogP contribution in [0.3, 0.4) is 0 Å². The lowest BCUT2D eigenvalue weighted by molar-refractivity contribution is 0.267. The van der Waals surface area contributed by atoms with Crippen molar-refractivity contribution in [3.05, 3.63) is 22.6 Å². The minimum Gasteiger partial charge on any atom is -0.453 e. The van der Waals surface area contributed by atoms with Crippen molar-refractivity contribution in [2.24, 2.45) is 0 Å². The lowest BCUT2D eigenvalue weighted by Crippen LogP contribution is -2.27. The average Bonchev–Trinajstić information content (AvgIpc) is 2.68. The van der Waals surface area contributed by atoms with Gasteiger partial charge in [-0.2, -0.15) is 0 Å². The summed E-state index contributed by atoms with van der Waals surface area (Å²) in [6, 6.07) is 4.56. The van der Waals surface area contributed by atoms with Gasteiger partial charge in [0.05, 0.1) is 6.54 Å². The monoisotopic (exact) mass is 302 g/mol. The quantitative estimate of drug-likeness (QED) is 0.747. The van der Waals surface area contributed by atoms with Crippen LogP contribution in [0.1, 0.15) is 32.4 Å². The van der Waals surface area contributed by atoms with Gasteiger partial charge >= 0.3 is 0 Å². The molecule has 98 valence electrons. The molecule has 0 aliphatic rings. The fraction of sp³-hybridized carbons (Fsp3) is 0.692. The van der Waals surface area contributed by atoms with E-state index in [0.717, 1.165) is 23.5 Å². The van der Waals surface area contributed by atoms with E-state index in [9.17, 15) is 0 Å². The van der Waals surface area contributed by atoms with Crippen LogP contribution in [0, 0.1) is 0 Å². The van der Waals surface area contributed by atoms with Crippen LogP contribution in [0.4, 0.5) is 0 Å². The van der Waals surface area contributed by atoms with Crippen molar-refractivity contribution in [1.82, 2.24) is 10.2 Å². The molecule has 0 atom stereocenters. The van der Waals surface area contributed by atoms with Crippen molar-refractivity contribution in [2.45, 2.75) is 39.3 Å². The Morgan fingerprint density at radius 1 is 1.35 bits per heavy atom. The van der Waals surface area contributed by atoms with Gasteiger partial charge in [-0.05, 0) is 74.9 Å². The highest BCUT2D eigenvalue weighted by atomic mass is 79.9. The molecule has 0 saturated heterocycles. The second kappa shape index (κ2) is 7.90. The first-order valence-corrected chi connectivity index (χ1v) is 7.04. The van der Waals surface area contributed by atoms with Gasteiger partial charge in [-0.1, -0.05) is 0 Å². The molecule has 0 fully saturated rings. The van der Waals surface area contributed by atoms with E-state index in [2.05, 4.69) is 47.0 Å². The first kappa shape index (κ1) is 14.7. The second-order valence-corrected chi connectivity index (χ2v) is 5.45. The minimum atomic E-state index is 0.642. The third kappa shape index (κ3) is 6.24. The summed E-state index contributed by atoms with van der Waals surface area (Å²) < 4.78 is 6.20. The normalized spacial score (nSPS) is 11.6. The summed E-state index contributed by atoms with van der Waals surface area (Å²) in [6.07, 6.45) is 2.45. The highest BCUT2D eigenvalue weighted by Gasteiger charge is 2.02. The van der Waals surface area contributed by atoms with E-state index >= 15 is 0 Å². The molecule has 0 spiro atoms. The van der Waals surface area contributed by atoms with Gasteiger partial charge in [0, 0.05) is 6.04 Å². The van der Waals surface area contributed by atoms with Crippen LogP contribution in [-0.4, -0.2) is 31.1 Å². The third-order valence-electron chi connectivity index (χ3n) is 2.92. The Morgan fingerprint density at radius 3 is 2.71 bits per heavy atom. The highest BCUT2D eigenvalue weighted by molar-refractivity contribution is 9.10. The van der Waals surface area contributed by atoms with Crippen LogP contribution in [0.2, 0.25) is 0 Å². The maximum atomic E-state index is 5.41. The van der Waals surface area contributed by atoms with E-state index in [4.69, 9.17) is 4.42 Å². The van der Waals surface area contributed by atoms with Crippen molar-refractivity contribution >= 4 is 15.9 Å². The predicted octanol–water partition coefficient (Wildman–Crippen LogP) is 3.25. The summed E-state index contributed by atoms with van der Waals surface area (Å²) in [5.74, 6) is 0.983. The van der Waals surface area contributed by atoms with Crippen LogP contribution in [0.5, 0.6) is 0 Å². The molecule has 1 aromatic rings. The Balaban J connectivity index is 1.98. The van der Waals surface area contributed by atoms with Gasteiger partial charge < -0.3 is 14.6 Å². The van der Waals surface area contributed by atoms with Gasteiger partial charge in [0.2, 0.25) is 0 Å². The van der Waals surface area contributed by atoms with Crippen LogP contribution >= 0.6 is 15.9 Å². The SMILES string of the molecule is CC(C)N(C)CCCCNCc1ccc(Br)o1. The summed E-state index contributed by atoms with van der Waals surface area (Å²) in [4.78, 5) is 2.38. The number of furan rings is 1. The van der Waals surface area contributed by atoms with E-state index in [1.807, 2.05) is 12.1 Å². The summed E-state index contributed by atoms with van der Waals surface area (Å²) in [5, 5.41) is 3.38. The molecule has 3 nitrogen and oxygen atoms in total. The molecule has 0 bridgehead atoms. The van der Waals surface area contributed by atoms with Gasteiger partial charge in [-0.3, -0.25) is 0 Å². The molecule has 0 aliphatic heterocycles. The van der Waals surface area contributed by atoms with Crippen molar-refractivity contribution in [1.29, 1.82) is 0 Å². The van der Waals surface area contributed by atoms with Gasteiger partial charge in [0.25, 0.3) is 0 Å². The molecule has 0 saturated carbocycles. The van der Waals surface area contributed by atoms with E-state index in [-0.39, 0.29) is 0 Å². The first-order valence-electron chi connectivity index (χ1n) is 6.24. The van der Waals surface area contributed by atoms with E-state index < -0.39 is 0 Å². The summed E-state index contributed by atoms with van der Waals surface area (Å²) in [5.41, 5.74) is 0. The maximum absolute atomic E-state index is 5.41. The number of rotatable bonds is 8. The molecule has 1 aromatic heterocycles. The number of nitrogens with zero attached hydrogens (tertiary/aromatic N) is 1. The van der Waals surface area contributed by atoms with Gasteiger partial charge in [0.1, 0.15) is 5.76 Å². The minimum absolute atomic E-state index is 0.642. The topological polar surface area (TPSA) is 28.4 Å². The van der Waals surface area contributed by atoms with Gasteiger partial charge in [-0.25, -0.2) is 0 Å². The molecule has 0 aliphatic carbocycles. The summed E-state index contributed by atoms with van der Waals surface area (Å²) in [6.45, 7) is 7.49. The van der Waals surface area contributed by atoms with Crippen LogP contribution in [0.25, 0.3) is 0 Å². The van der Waals surface area contributed by atoms with E-state index in [1.165, 1.54) is 19.4 Å². The largest absolute Gasteiger partial charge is 0.453 e. The Bertz CT molecular complexity index is 312. The zero-order chi connectivity index (χ0) is 12.7. The number of nitrogens with one attached hydrogen (secondary N) is 1. The molecule has 0 unspecified atom stereocenters. The van der Waals surface area contributed by atoms with Crippen LogP contribution in [0.15, 0.2) is 21.2 Å². The van der Waals surface area contributed by atoms with Gasteiger partial charge in [0.15, 0.2) is 4.67 Å². The zero-order valence-electron chi connectivity index (χ0n) is 11.0. The lowest BCUT2D eigenvalue weighted by Gasteiger charge is -2.20. The highest BCUT2D eigenvalue weighted by Crippen LogP contribution is 2.13. The lowest BCUT2D eigenvalue weighted by atomic mass is 10.2. The molecule has 1 N–H and O–H groups in total. The molecule has 0 amide bonds.